The Kier molecular flexibility index (Phi) is 7.28. The second-order valence-electron chi connectivity index (χ2n) is 8.10. The summed E-state index contributed by atoms with van der Waals surface area (Å²) in [6.07, 6.45) is 2.77. The van der Waals surface area contributed by atoms with Gasteiger partial charge in [-0.25, -0.2) is 4.68 Å². The highest BCUT2D eigenvalue weighted by atomic mass is 32.2. The zero-order chi connectivity index (χ0) is 24.1. The van der Waals surface area contributed by atoms with E-state index in [4.69, 9.17) is 5.26 Å². The van der Waals surface area contributed by atoms with Crippen molar-refractivity contribution >= 4 is 40.0 Å². The maximum atomic E-state index is 13.6. The molecule has 1 aliphatic heterocycles. The van der Waals surface area contributed by atoms with E-state index in [0.29, 0.717) is 40.2 Å². The number of nitriles is 1. The van der Waals surface area contributed by atoms with E-state index in [1.165, 1.54) is 21.3 Å². The number of benzene rings is 2. The molecule has 1 fully saturated rings. The van der Waals surface area contributed by atoms with Gasteiger partial charge in [0.05, 0.1) is 22.9 Å². The number of unbranched alkanes of at least 4 members (excludes halogenated alkanes) is 2. The van der Waals surface area contributed by atoms with E-state index in [2.05, 4.69) is 17.3 Å². The Morgan fingerprint density at radius 3 is 2.59 bits per heavy atom. The fourth-order valence-corrected chi connectivity index (χ4v) is 5.06. The van der Waals surface area contributed by atoms with Crippen LogP contribution < -0.4 is 10.9 Å². The van der Waals surface area contributed by atoms with Gasteiger partial charge in [0.15, 0.2) is 5.69 Å². The molecule has 174 valence electrons. The molecule has 2 heterocycles. The minimum atomic E-state index is -0.672. The Morgan fingerprint density at radius 1 is 1.15 bits per heavy atom. The van der Waals surface area contributed by atoms with Crippen molar-refractivity contribution in [1.82, 2.24) is 14.7 Å². The van der Waals surface area contributed by atoms with E-state index < -0.39 is 6.04 Å². The molecule has 1 N–H and O–H groups in total. The van der Waals surface area contributed by atoms with Crippen LogP contribution in [0.2, 0.25) is 0 Å². The van der Waals surface area contributed by atoms with Crippen LogP contribution in [0.5, 0.6) is 0 Å². The van der Waals surface area contributed by atoms with E-state index in [1.54, 1.807) is 48.5 Å². The average Bonchev–Trinajstić information content (AvgIpc) is 3.36. The number of carbonyl (C=O) groups excluding carboxylic acids is 2. The Morgan fingerprint density at radius 2 is 1.88 bits per heavy atom. The first-order valence-corrected chi connectivity index (χ1v) is 12.4. The highest BCUT2D eigenvalue weighted by molar-refractivity contribution is 7.99. The number of nitrogens with one attached hydrogen (secondary N) is 1. The minimum Gasteiger partial charge on any atom is -0.324 e. The zero-order valence-corrected chi connectivity index (χ0v) is 19.7. The molecular weight excluding hydrogens is 450 g/mol. The van der Waals surface area contributed by atoms with Crippen LogP contribution in [0.3, 0.4) is 0 Å². The number of amides is 2. The first-order valence-electron chi connectivity index (χ1n) is 11.2. The predicted molar refractivity (Wildman–Crippen MR) is 133 cm³/mol. The largest absolute Gasteiger partial charge is 0.324 e. The Bertz CT molecular complexity index is 1310. The molecule has 1 aromatic heterocycles. The van der Waals surface area contributed by atoms with Crippen molar-refractivity contribution in [2.24, 2.45) is 0 Å². The van der Waals surface area contributed by atoms with Crippen LogP contribution in [0.4, 0.5) is 5.69 Å². The smallest absolute Gasteiger partial charge is 0.276 e. The van der Waals surface area contributed by atoms with Crippen LogP contribution in [0, 0.1) is 11.3 Å². The molecule has 4 rings (SSSR count). The van der Waals surface area contributed by atoms with Crippen molar-refractivity contribution < 1.29 is 9.59 Å². The monoisotopic (exact) mass is 475 g/mol. The number of aromatic nitrogens is 2. The lowest BCUT2D eigenvalue weighted by Crippen LogP contribution is -2.45. The van der Waals surface area contributed by atoms with E-state index >= 15 is 0 Å². The van der Waals surface area contributed by atoms with E-state index in [0.717, 1.165) is 19.3 Å². The topological polar surface area (TPSA) is 108 Å². The summed E-state index contributed by atoms with van der Waals surface area (Å²) in [5.41, 5.74) is 1.03. The SMILES string of the molecule is CCCCCn1nc(C(=O)N2CSCC2C(=O)Nc2ccc(C#N)cc2)c2ccccc2c1=O. The average molecular weight is 476 g/mol. The molecule has 0 radical (unpaired) electrons. The van der Waals surface area contributed by atoms with Crippen LogP contribution in [0.1, 0.15) is 42.2 Å². The van der Waals surface area contributed by atoms with Gasteiger partial charge in [-0.05, 0) is 36.8 Å². The van der Waals surface area contributed by atoms with Gasteiger partial charge < -0.3 is 10.2 Å². The third-order valence-corrected chi connectivity index (χ3v) is 6.78. The van der Waals surface area contributed by atoms with Gasteiger partial charge in [-0.15, -0.1) is 11.8 Å². The Hall–Kier alpha value is -3.64. The van der Waals surface area contributed by atoms with Crippen molar-refractivity contribution in [3.63, 3.8) is 0 Å². The number of rotatable bonds is 7. The molecule has 1 unspecified atom stereocenters. The summed E-state index contributed by atoms with van der Waals surface area (Å²) < 4.78 is 1.38. The molecule has 3 aromatic rings. The second kappa shape index (κ2) is 10.5. The number of aryl methyl sites for hydroxylation is 1. The van der Waals surface area contributed by atoms with Crippen LogP contribution >= 0.6 is 11.8 Å². The molecule has 1 saturated heterocycles. The number of anilines is 1. The fraction of sp³-hybridized carbons (Fsp3) is 0.320. The maximum absolute atomic E-state index is 13.6. The van der Waals surface area contributed by atoms with Gasteiger partial charge in [-0.2, -0.15) is 10.4 Å². The molecule has 0 bridgehead atoms. The highest BCUT2D eigenvalue weighted by Gasteiger charge is 2.36. The predicted octanol–water partition coefficient (Wildman–Crippen LogP) is 3.61. The highest BCUT2D eigenvalue weighted by Crippen LogP contribution is 2.26. The Labute approximate surface area is 201 Å². The number of thioether (sulfide) groups is 1. The molecular formula is C25H25N5O3S. The van der Waals surface area contributed by atoms with E-state index in [1.807, 2.05) is 6.07 Å². The number of hydrogen-bond donors (Lipinski definition) is 1. The van der Waals surface area contributed by atoms with Crippen molar-refractivity contribution in [3.05, 3.63) is 70.1 Å². The minimum absolute atomic E-state index is 0.186. The summed E-state index contributed by atoms with van der Waals surface area (Å²) in [6.45, 7) is 2.52. The van der Waals surface area contributed by atoms with Crippen molar-refractivity contribution in [3.8, 4) is 6.07 Å². The van der Waals surface area contributed by atoms with Crippen LogP contribution in [0.15, 0.2) is 53.3 Å². The summed E-state index contributed by atoms with van der Waals surface area (Å²) in [7, 11) is 0. The number of hydrogen-bond acceptors (Lipinski definition) is 6. The van der Waals surface area contributed by atoms with Gasteiger partial charge in [-0.3, -0.25) is 14.4 Å². The summed E-state index contributed by atoms with van der Waals surface area (Å²) in [5.74, 6) is 0.144. The zero-order valence-electron chi connectivity index (χ0n) is 18.9. The van der Waals surface area contributed by atoms with Crippen LogP contribution in [-0.2, 0) is 11.3 Å². The van der Waals surface area contributed by atoms with Crippen molar-refractivity contribution in [2.75, 3.05) is 16.9 Å². The summed E-state index contributed by atoms with van der Waals surface area (Å²) in [4.78, 5) is 41.1. The number of nitrogens with zero attached hydrogens (tertiary/aromatic N) is 4. The van der Waals surface area contributed by atoms with Gasteiger partial charge in [0.2, 0.25) is 5.91 Å². The second-order valence-corrected chi connectivity index (χ2v) is 9.10. The van der Waals surface area contributed by atoms with Gasteiger partial charge in [-0.1, -0.05) is 38.0 Å². The van der Waals surface area contributed by atoms with Crippen molar-refractivity contribution in [1.29, 1.82) is 5.26 Å². The normalized spacial score (nSPS) is 15.3. The number of fused-ring (bicyclic) bond motifs is 1. The first kappa shape index (κ1) is 23.5. The van der Waals surface area contributed by atoms with Gasteiger partial charge in [0, 0.05) is 23.4 Å². The summed E-state index contributed by atoms with van der Waals surface area (Å²) >= 11 is 1.49. The van der Waals surface area contributed by atoms with Crippen LogP contribution in [-0.4, -0.2) is 44.2 Å². The molecule has 8 nitrogen and oxygen atoms in total. The quantitative estimate of drug-likeness (QED) is 0.523. The van der Waals surface area contributed by atoms with Crippen LogP contribution in [0.25, 0.3) is 10.8 Å². The molecule has 0 spiro atoms. The van der Waals surface area contributed by atoms with E-state index in [9.17, 15) is 14.4 Å². The molecule has 1 aliphatic rings. The molecule has 1 atom stereocenters. The lowest BCUT2D eigenvalue weighted by molar-refractivity contribution is -0.119. The van der Waals surface area contributed by atoms with Gasteiger partial charge >= 0.3 is 0 Å². The lowest BCUT2D eigenvalue weighted by Gasteiger charge is -2.23. The van der Waals surface area contributed by atoms with E-state index in [-0.39, 0.29) is 23.1 Å². The fourth-order valence-electron chi connectivity index (χ4n) is 3.91. The van der Waals surface area contributed by atoms with Crippen molar-refractivity contribution in [2.45, 2.75) is 38.8 Å². The van der Waals surface area contributed by atoms with Gasteiger partial charge in [0.25, 0.3) is 11.5 Å². The lowest BCUT2D eigenvalue weighted by atomic mass is 10.1. The molecule has 9 heteroatoms. The molecule has 34 heavy (non-hydrogen) atoms. The number of carbonyl (C=O) groups is 2. The molecule has 0 aliphatic carbocycles. The van der Waals surface area contributed by atoms with Gasteiger partial charge in [0.1, 0.15) is 6.04 Å². The maximum Gasteiger partial charge on any atom is 0.276 e. The molecule has 2 aromatic carbocycles. The third kappa shape index (κ3) is 4.82. The Balaban J connectivity index is 1.62. The third-order valence-electron chi connectivity index (χ3n) is 5.77. The first-order chi connectivity index (χ1) is 16.5. The standard InChI is InChI=1S/C25H25N5O3S/c1-2-3-6-13-30-24(32)20-8-5-4-7-19(20)22(28-30)25(33)29-16-34-15-21(29)23(31)27-18-11-9-17(14-26)10-12-18/h4-5,7-12,21H,2-3,6,13,15-16H2,1H3,(H,27,31). The summed E-state index contributed by atoms with van der Waals surface area (Å²) in [5, 5.41) is 17.2. The summed E-state index contributed by atoms with van der Waals surface area (Å²) in [6, 6.07) is 14.9. The molecule has 0 saturated carbocycles. The molecule has 2 amide bonds.